The molecule has 2 N–H and O–H groups in total. The molecule has 24 heavy (non-hydrogen) atoms. The van der Waals surface area contributed by atoms with E-state index < -0.39 is 0 Å². The zero-order valence-corrected chi connectivity index (χ0v) is 14.9. The molecule has 1 atom stereocenters. The van der Waals surface area contributed by atoms with Gasteiger partial charge in [0.1, 0.15) is 0 Å². The van der Waals surface area contributed by atoms with Crippen LogP contribution in [0.4, 0.5) is 11.4 Å². The van der Waals surface area contributed by atoms with Gasteiger partial charge in [0.25, 0.3) is 0 Å². The zero-order chi connectivity index (χ0) is 17.1. The predicted octanol–water partition coefficient (Wildman–Crippen LogP) is 3.49. The zero-order valence-electron chi connectivity index (χ0n) is 14.1. The topological polar surface area (TPSA) is 49.6 Å². The van der Waals surface area contributed by atoms with Gasteiger partial charge in [-0.15, -0.1) is 0 Å². The van der Waals surface area contributed by atoms with Crippen LogP contribution in [-0.2, 0) is 4.79 Å². The van der Waals surface area contributed by atoms with Gasteiger partial charge in [0.15, 0.2) is 0 Å². The first-order chi connectivity index (χ1) is 11.6. The Bertz CT molecular complexity index is 689. The number of amides is 1. The molecule has 1 unspecified atom stereocenters. The Kier molecular flexibility index (Phi) is 5.11. The number of nitrogens with zero attached hydrogens (tertiary/aromatic N) is 2. The quantitative estimate of drug-likeness (QED) is 0.904. The molecule has 0 saturated carbocycles. The lowest BCUT2D eigenvalue weighted by atomic mass is 10.2. The molecule has 1 amide bonds. The number of carbonyl (C=O) groups excluding carboxylic acids is 1. The molecule has 1 aliphatic rings. The van der Waals surface area contributed by atoms with Gasteiger partial charge in [-0.3, -0.25) is 4.79 Å². The van der Waals surface area contributed by atoms with Crippen LogP contribution in [0.15, 0.2) is 58.3 Å². The summed E-state index contributed by atoms with van der Waals surface area (Å²) in [6, 6.07) is 16.8. The highest BCUT2D eigenvalue weighted by atomic mass is 32.2. The van der Waals surface area contributed by atoms with E-state index in [9.17, 15) is 4.79 Å². The first-order valence-corrected chi connectivity index (χ1v) is 9.02. The molecule has 5 heteroatoms. The third-order valence-corrected chi connectivity index (χ3v) is 5.61. The molecule has 1 heterocycles. The van der Waals surface area contributed by atoms with Crippen molar-refractivity contribution in [3.05, 3.63) is 48.5 Å². The lowest BCUT2D eigenvalue weighted by Gasteiger charge is -2.33. The summed E-state index contributed by atoms with van der Waals surface area (Å²) >= 11 is 1.78. The van der Waals surface area contributed by atoms with Gasteiger partial charge in [-0.2, -0.15) is 0 Å². The number of fused-ring (bicyclic) bond motifs is 2. The van der Waals surface area contributed by atoms with Crippen molar-refractivity contribution in [1.82, 2.24) is 4.90 Å². The van der Waals surface area contributed by atoms with E-state index in [4.69, 9.17) is 5.73 Å². The van der Waals surface area contributed by atoms with Crippen LogP contribution in [0.5, 0.6) is 0 Å². The van der Waals surface area contributed by atoms with E-state index in [1.54, 1.807) is 16.7 Å². The number of rotatable bonds is 5. The van der Waals surface area contributed by atoms with Crippen molar-refractivity contribution < 1.29 is 4.79 Å². The standard InChI is InChI=1S/C19H23N3OS/c1-14(13-20)21(2)19(23)11-12-22-15-7-3-5-9-17(15)24-18-10-6-4-8-16(18)22/h3-10,14H,11-13,20H2,1-2H3. The molecule has 126 valence electrons. The van der Waals surface area contributed by atoms with E-state index in [1.165, 1.54) is 21.2 Å². The highest BCUT2D eigenvalue weighted by Crippen LogP contribution is 2.47. The highest BCUT2D eigenvalue weighted by Gasteiger charge is 2.24. The Morgan fingerprint density at radius 3 is 2.21 bits per heavy atom. The second-order valence-electron chi connectivity index (χ2n) is 6.03. The minimum atomic E-state index is 0.0639. The molecule has 0 spiro atoms. The predicted molar refractivity (Wildman–Crippen MR) is 99.9 cm³/mol. The maximum Gasteiger partial charge on any atom is 0.224 e. The van der Waals surface area contributed by atoms with Gasteiger partial charge in [0.05, 0.1) is 11.4 Å². The van der Waals surface area contributed by atoms with Crippen LogP contribution in [-0.4, -0.2) is 37.0 Å². The summed E-state index contributed by atoms with van der Waals surface area (Å²) in [4.78, 5) is 18.9. The summed E-state index contributed by atoms with van der Waals surface area (Å²) in [5, 5.41) is 0. The molecule has 4 nitrogen and oxygen atoms in total. The molecule has 1 aliphatic heterocycles. The summed E-state index contributed by atoms with van der Waals surface area (Å²) < 4.78 is 0. The number of benzene rings is 2. The van der Waals surface area contributed by atoms with E-state index in [2.05, 4.69) is 41.3 Å². The molecule has 0 aliphatic carbocycles. The summed E-state index contributed by atoms with van der Waals surface area (Å²) in [6.45, 7) is 3.11. The average Bonchev–Trinajstić information content (AvgIpc) is 2.63. The maximum atomic E-state index is 12.4. The number of carbonyl (C=O) groups is 1. The molecular formula is C19H23N3OS. The number of hydrogen-bond acceptors (Lipinski definition) is 4. The summed E-state index contributed by atoms with van der Waals surface area (Å²) in [5.74, 6) is 0.126. The molecule has 0 radical (unpaired) electrons. The van der Waals surface area contributed by atoms with Gasteiger partial charge in [-0.1, -0.05) is 36.0 Å². The second kappa shape index (κ2) is 7.28. The Hall–Kier alpha value is -1.98. The van der Waals surface area contributed by atoms with E-state index in [0.717, 1.165) is 0 Å². The highest BCUT2D eigenvalue weighted by molar-refractivity contribution is 7.99. The number of para-hydroxylation sites is 2. The molecule has 0 fully saturated rings. The fourth-order valence-corrected chi connectivity index (χ4v) is 3.91. The third-order valence-electron chi connectivity index (χ3n) is 4.48. The average molecular weight is 341 g/mol. The number of likely N-dealkylation sites (N-methyl/N-ethyl adjacent to an activating group) is 1. The van der Waals surface area contributed by atoms with Crippen molar-refractivity contribution >= 4 is 29.0 Å². The van der Waals surface area contributed by atoms with Gasteiger partial charge in [-0.25, -0.2) is 0 Å². The van der Waals surface area contributed by atoms with Gasteiger partial charge >= 0.3 is 0 Å². The van der Waals surface area contributed by atoms with E-state index in [1.807, 2.05) is 26.1 Å². The van der Waals surface area contributed by atoms with Gasteiger partial charge in [0, 0.05) is 42.4 Å². The smallest absolute Gasteiger partial charge is 0.224 e. The van der Waals surface area contributed by atoms with E-state index >= 15 is 0 Å². The lowest BCUT2D eigenvalue weighted by Crippen LogP contribution is -2.40. The second-order valence-corrected chi connectivity index (χ2v) is 7.11. The first kappa shape index (κ1) is 16.9. The van der Waals surface area contributed by atoms with Crippen LogP contribution in [0, 0.1) is 0 Å². The van der Waals surface area contributed by atoms with Crippen molar-refractivity contribution in [1.29, 1.82) is 0 Å². The van der Waals surface area contributed by atoms with Crippen LogP contribution in [0.1, 0.15) is 13.3 Å². The van der Waals surface area contributed by atoms with E-state index in [-0.39, 0.29) is 11.9 Å². The molecule has 0 bridgehead atoms. The molecular weight excluding hydrogens is 318 g/mol. The normalized spacial score (nSPS) is 13.9. The molecule has 0 aromatic heterocycles. The fourth-order valence-electron chi connectivity index (χ4n) is 2.81. The summed E-state index contributed by atoms with van der Waals surface area (Å²) in [5.41, 5.74) is 8.01. The van der Waals surface area contributed by atoms with Crippen LogP contribution < -0.4 is 10.6 Å². The Morgan fingerprint density at radius 1 is 1.12 bits per heavy atom. The maximum absolute atomic E-state index is 12.4. The summed E-state index contributed by atoms with van der Waals surface area (Å²) in [7, 11) is 1.83. The van der Waals surface area contributed by atoms with Crippen LogP contribution >= 0.6 is 11.8 Å². The van der Waals surface area contributed by atoms with Gasteiger partial charge in [-0.05, 0) is 31.2 Å². The molecule has 2 aromatic carbocycles. The Labute approximate surface area is 147 Å². The minimum absolute atomic E-state index is 0.0639. The fraction of sp³-hybridized carbons (Fsp3) is 0.316. The monoisotopic (exact) mass is 341 g/mol. The Morgan fingerprint density at radius 2 is 1.67 bits per heavy atom. The van der Waals surface area contributed by atoms with Crippen molar-refractivity contribution in [3.8, 4) is 0 Å². The molecule has 3 rings (SSSR count). The number of hydrogen-bond donors (Lipinski definition) is 1. The van der Waals surface area contributed by atoms with E-state index in [0.29, 0.717) is 19.5 Å². The van der Waals surface area contributed by atoms with Crippen molar-refractivity contribution in [2.45, 2.75) is 29.2 Å². The molecule has 2 aromatic rings. The van der Waals surface area contributed by atoms with Crippen molar-refractivity contribution in [2.75, 3.05) is 25.0 Å². The van der Waals surface area contributed by atoms with Crippen LogP contribution in [0.2, 0.25) is 0 Å². The summed E-state index contributed by atoms with van der Waals surface area (Å²) in [6.07, 6.45) is 0.466. The lowest BCUT2D eigenvalue weighted by molar-refractivity contribution is -0.131. The number of nitrogens with two attached hydrogens (primary N) is 1. The largest absolute Gasteiger partial charge is 0.342 e. The number of anilines is 2. The minimum Gasteiger partial charge on any atom is -0.342 e. The van der Waals surface area contributed by atoms with Crippen molar-refractivity contribution in [2.24, 2.45) is 5.73 Å². The van der Waals surface area contributed by atoms with Crippen LogP contribution in [0.3, 0.4) is 0 Å². The van der Waals surface area contributed by atoms with Gasteiger partial charge < -0.3 is 15.5 Å². The SMILES string of the molecule is CC(CN)N(C)C(=O)CCN1c2ccccc2Sc2ccccc21. The molecule has 0 saturated heterocycles. The third kappa shape index (κ3) is 3.28. The first-order valence-electron chi connectivity index (χ1n) is 8.21. The van der Waals surface area contributed by atoms with Crippen molar-refractivity contribution in [3.63, 3.8) is 0 Å². The Balaban J connectivity index is 1.82. The van der Waals surface area contributed by atoms with Crippen LogP contribution in [0.25, 0.3) is 0 Å². The van der Waals surface area contributed by atoms with Gasteiger partial charge in [0.2, 0.25) is 5.91 Å².